The Morgan fingerprint density at radius 1 is 1.33 bits per heavy atom. The van der Waals surface area contributed by atoms with E-state index in [2.05, 4.69) is 35.7 Å². The van der Waals surface area contributed by atoms with Crippen LogP contribution < -0.4 is 0 Å². The number of likely N-dealkylation sites (N-methyl/N-ethyl adjacent to an activating group) is 1. The number of rotatable bonds is 3. The molecule has 4 atom stereocenters. The smallest absolute Gasteiger partial charge is 0.242 e. The van der Waals surface area contributed by atoms with E-state index in [-0.39, 0.29) is 11.3 Å². The van der Waals surface area contributed by atoms with Gasteiger partial charge in [-0.2, -0.15) is 0 Å². The number of carbonyl (C=O) groups excluding carboxylic acids is 1. The van der Waals surface area contributed by atoms with E-state index >= 15 is 0 Å². The predicted octanol–water partition coefficient (Wildman–Crippen LogP) is 2.31. The first-order valence-corrected chi connectivity index (χ1v) is 9.56. The third-order valence-electron chi connectivity index (χ3n) is 7.00. The van der Waals surface area contributed by atoms with Crippen molar-refractivity contribution in [3.8, 4) is 0 Å². The van der Waals surface area contributed by atoms with Gasteiger partial charge >= 0.3 is 0 Å². The standard InChI is InChI=1S/C19H30N4O/c1-4-17-20-9-10-22(17)13-18(24)23-12-14-11-19(2)15(21(14)3)7-5-6-8-16(19)23/h9-10,14-16H,4-8,11-13H2,1-3H3/t14-,15-,16+,19-/m0/s1. The quantitative estimate of drug-likeness (QED) is 0.854. The monoisotopic (exact) mass is 330 g/mol. The first kappa shape index (κ1) is 16.1. The van der Waals surface area contributed by atoms with Gasteiger partial charge in [-0.3, -0.25) is 9.69 Å². The van der Waals surface area contributed by atoms with Gasteiger partial charge in [-0.15, -0.1) is 0 Å². The summed E-state index contributed by atoms with van der Waals surface area (Å²) in [6.45, 7) is 5.88. The van der Waals surface area contributed by atoms with E-state index in [0.717, 1.165) is 18.8 Å². The minimum atomic E-state index is 0.270. The van der Waals surface area contributed by atoms with Crippen molar-refractivity contribution >= 4 is 5.91 Å². The average Bonchev–Trinajstić information content (AvgIpc) is 3.02. The number of imidazole rings is 1. The molecule has 2 bridgehead atoms. The van der Waals surface area contributed by atoms with Crippen LogP contribution >= 0.6 is 0 Å². The van der Waals surface area contributed by atoms with E-state index in [1.165, 1.54) is 32.1 Å². The molecule has 0 aromatic carbocycles. The number of hydrogen-bond donors (Lipinski definition) is 0. The molecule has 1 amide bonds. The minimum absolute atomic E-state index is 0.270. The van der Waals surface area contributed by atoms with Gasteiger partial charge in [0.15, 0.2) is 0 Å². The van der Waals surface area contributed by atoms with Crippen LogP contribution in [-0.4, -0.2) is 57.0 Å². The molecule has 132 valence electrons. The second kappa shape index (κ2) is 5.87. The van der Waals surface area contributed by atoms with Gasteiger partial charge in [-0.05, 0) is 26.3 Å². The molecule has 0 spiro atoms. The lowest BCUT2D eigenvalue weighted by Gasteiger charge is -2.46. The molecule has 0 radical (unpaired) electrons. The van der Waals surface area contributed by atoms with Crippen molar-refractivity contribution < 1.29 is 4.79 Å². The molecule has 2 aliphatic heterocycles. The largest absolute Gasteiger partial charge is 0.336 e. The highest BCUT2D eigenvalue weighted by Crippen LogP contribution is 2.52. The molecule has 3 aliphatic rings. The van der Waals surface area contributed by atoms with E-state index in [1.54, 1.807) is 0 Å². The molecular weight excluding hydrogens is 300 g/mol. The summed E-state index contributed by atoms with van der Waals surface area (Å²) in [7, 11) is 2.28. The third kappa shape index (κ3) is 2.32. The molecule has 3 heterocycles. The molecule has 2 saturated heterocycles. The Hall–Kier alpha value is -1.36. The van der Waals surface area contributed by atoms with Crippen LogP contribution in [0.5, 0.6) is 0 Å². The average molecular weight is 330 g/mol. The van der Waals surface area contributed by atoms with Gasteiger partial charge in [-0.1, -0.05) is 26.7 Å². The summed E-state index contributed by atoms with van der Waals surface area (Å²) in [6, 6.07) is 1.59. The zero-order chi connectivity index (χ0) is 16.9. The number of likely N-dealkylation sites (tertiary alicyclic amines) is 2. The Labute approximate surface area is 145 Å². The molecule has 5 heteroatoms. The lowest BCUT2D eigenvalue weighted by atomic mass is 9.71. The van der Waals surface area contributed by atoms with Gasteiger partial charge in [0.25, 0.3) is 0 Å². The van der Waals surface area contributed by atoms with Crippen LogP contribution in [0.2, 0.25) is 0 Å². The SMILES string of the molecule is CCc1nccn1CC(=O)N1C[C@@H]2C[C@@]3(C)[C@H](CCCC[C@@H]13)N2C. The Bertz CT molecular complexity index is 627. The summed E-state index contributed by atoms with van der Waals surface area (Å²) in [5, 5.41) is 0. The van der Waals surface area contributed by atoms with Gasteiger partial charge < -0.3 is 9.47 Å². The van der Waals surface area contributed by atoms with Crippen molar-refractivity contribution in [2.45, 2.75) is 77.0 Å². The highest BCUT2D eigenvalue weighted by molar-refractivity contribution is 5.77. The van der Waals surface area contributed by atoms with Crippen LogP contribution in [0.25, 0.3) is 0 Å². The molecule has 1 saturated carbocycles. The summed E-state index contributed by atoms with van der Waals surface area (Å²) in [4.78, 5) is 22.3. The van der Waals surface area contributed by atoms with E-state index in [0.29, 0.717) is 24.7 Å². The van der Waals surface area contributed by atoms with Crippen molar-refractivity contribution in [3.63, 3.8) is 0 Å². The van der Waals surface area contributed by atoms with E-state index in [9.17, 15) is 4.79 Å². The number of hydrogen-bond acceptors (Lipinski definition) is 3. The number of aromatic nitrogens is 2. The second-order valence-corrected chi connectivity index (χ2v) is 8.22. The molecule has 24 heavy (non-hydrogen) atoms. The van der Waals surface area contributed by atoms with Crippen molar-refractivity contribution in [1.82, 2.24) is 19.4 Å². The molecule has 4 rings (SSSR count). The van der Waals surface area contributed by atoms with Gasteiger partial charge in [-0.25, -0.2) is 4.98 Å². The zero-order valence-corrected chi connectivity index (χ0v) is 15.2. The first-order valence-electron chi connectivity index (χ1n) is 9.56. The molecule has 0 unspecified atom stereocenters. The van der Waals surface area contributed by atoms with Crippen LogP contribution in [-0.2, 0) is 17.8 Å². The lowest BCUT2D eigenvalue weighted by Crippen LogP contribution is -2.56. The summed E-state index contributed by atoms with van der Waals surface area (Å²) in [5.41, 5.74) is 0.270. The Morgan fingerprint density at radius 2 is 2.08 bits per heavy atom. The molecular formula is C19H30N4O. The number of nitrogens with zero attached hydrogens (tertiary/aromatic N) is 4. The minimum Gasteiger partial charge on any atom is -0.336 e. The maximum Gasteiger partial charge on any atom is 0.242 e. The maximum atomic E-state index is 13.2. The molecule has 1 aromatic heterocycles. The third-order valence-corrected chi connectivity index (χ3v) is 7.00. The number of amides is 1. The Morgan fingerprint density at radius 3 is 2.83 bits per heavy atom. The van der Waals surface area contributed by atoms with Crippen LogP contribution in [0.1, 0.15) is 51.8 Å². The van der Waals surface area contributed by atoms with E-state index in [1.807, 2.05) is 17.0 Å². The topological polar surface area (TPSA) is 41.4 Å². The number of carbonyl (C=O) groups is 1. The molecule has 1 aliphatic carbocycles. The van der Waals surface area contributed by atoms with Crippen molar-refractivity contribution in [2.75, 3.05) is 13.6 Å². The molecule has 0 N–H and O–H groups in total. The highest BCUT2D eigenvalue weighted by atomic mass is 16.2. The number of fused-ring (bicyclic) bond motifs is 1. The van der Waals surface area contributed by atoms with Crippen molar-refractivity contribution in [2.24, 2.45) is 5.41 Å². The van der Waals surface area contributed by atoms with E-state index in [4.69, 9.17) is 0 Å². The zero-order valence-electron chi connectivity index (χ0n) is 15.2. The van der Waals surface area contributed by atoms with Gasteiger partial charge in [0, 0.05) is 48.9 Å². The summed E-state index contributed by atoms with van der Waals surface area (Å²) in [6.07, 6.45) is 10.9. The number of piperidine rings is 1. The van der Waals surface area contributed by atoms with Gasteiger partial charge in [0.2, 0.25) is 5.91 Å². The van der Waals surface area contributed by atoms with Crippen LogP contribution in [0.3, 0.4) is 0 Å². The predicted molar refractivity (Wildman–Crippen MR) is 93.6 cm³/mol. The second-order valence-electron chi connectivity index (χ2n) is 8.22. The van der Waals surface area contributed by atoms with Crippen LogP contribution in [0, 0.1) is 5.41 Å². The first-order chi connectivity index (χ1) is 11.5. The van der Waals surface area contributed by atoms with Gasteiger partial charge in [0.05, 0.1) is 0 Å². The fourth-order valence-corrected chi connectivity index (χ4v) is 5.77. The molecule has 1 aromatic rings. The Balaban J connectivity index is 1.60. The van der Waals surface area contributed by atoms with Crippen LogP contribution in [0.15, 0.2) is 12.4 Å². The lowest BCUT2D eigenvalue weighted by molar-refractivity contribution is -0.139. The van der Waals surface area contributed by atoms with Crippen molar-refractivity contribution in [3.05, 3.63) is 18.2 Å². The summed E-state index contributed by atoms with van der Waals surface area (Å²) in [5.74, 6) is 1.28. The molecule has 5 nitrogen and oxygen atoms in total. The molecule has 3 fully saturated rings. The number of aryl methyl sites for hydroxylation is 1. The van der Waals surface area contributed by atoms with E-state index < -0.39 is 0 Å². The van der Waals surface area contributed by atoms with Gasteiger partial charge in [0.1, 0.15) is 12.4 Å². The normalized spacial score (nSPS) is 36.0. The highest BCUT2D eigenvalue weighted by Gasteiger charge is 2.58. The summed E-state index contributed by atoms with van der Waals surface area (Å²) >= 11 is 0. The fourth-order valence-electron chi connectivity index (χ4n) is 5.77. The van der Waals surface area contributed by atoms with Crippen LogP contribution in [0.4, 0.5) is 0 Å². The van der Waals surface area contributed by atoms with Crippen molar-refractivity contribution in [1.29, 1.82) is 0 Å². The fraction of sp³-hybridized carbons (Fsp3) is 0.789. The summed E-state index contributed by atoms with van der Waals surface area (Å²) < 4.78 is 2.03. The maximum absolute atomic E-state index is 13.2. The Kier molecular flexibility index (Phi) is 3.94.